The van der Waals surface area contributed by atoms with Gasteiger partial charge >= 0.3 is 5.97 Å². The van der Waals surface area contributed by atoms with Crippen molar-refractivity contribution in [1.29, 1.82) is 0 Å². The van der Waals surface area contributed by atoms with Gasteiger partial charge in [0.1, 0.15) is 12.0 Å². The Balaban J connectivity index is 2.76. The predicted molar refractivity (Wildman–Crippen MR) is 36.9 cm³/mol. The van der Waals surface area contributed by atoms with Gasteiger partial charge in [-0.2, -0.15) is 0 Å². The van der Waals surface area contributed by atoms with E-state index < -0.39 is 5.97 Å². The Morgan fingerprint density at radius 3 is 3.09 bits per heavy atom. The highest BCUT2D eigenvalue weighted by molar-refractivity contribution is 5.92. The molecule has 0 unspecified atom stereocenters. The molecule has 0 aliphatic rings. The average molecular weight is 156 g/mol. The summed E-state index contributed by atoms with van der Waals surface area (Å²) in [5, 5.41) is 3.36. The maximum atomic E-state index is 10.9. The van der Waals surface area contributed by atoms with Crippen molar-refractivity contribution < 1.29 is 14.1 Å². The Labute approximate surface area is 63.1 Å². The van der Waals surface area contributed by atoms with Gasteiger partial charge in [0.05, 0.1) is 6.61 Å². The van der Waals surface area contributed by atoms with Gasteiger partial charge in [-0.3, -0.25) is 0 Å². The van der Waals surface area contributed by atoms with Crippen molar-refractivity contribution in [3.8, 4) is 0 Å². The number of esters is 1. The van der Waals surface area contributed by atoms with Gasteiger partial charge in [-0.1, -0.05) is 5.16 Å². The lowest BCUT2D eigenvalue weighted by Gasteiger charge is -1.96. The van der Waals surface area contributed by atoms with Gasteiger partial charge in [0, 0.05) is 0 Å². The summed E-state index contributed by atoms with van der Waals surface area (Å²) in [6.07, 6.45) is 1.19. The SMILES string of the molecule is CCOC(=O)c1nocc1N. The molecule has 5 heteroatoms. The molecular weight excluding hydrogens is 148 g/mol. The molecule has 0 radical (unpaired) electrons. The minimum Gasteiger partial charge on any atom is -0.461 e. The summed E-state index contributed by atoms with van der Waals surface area (Å²) in [5.41, 5.74) is 5.55. The van der Waals surface area contributed by atoms with E-state index in [2.05, 4.69) is 14.4 Å². The van der Waals surface area contributed by atoms with E-state index in [1.807, 2.05) is 0 Å². The lowest BCUT2D eigenvalue weighted by molar-refractivity contribution is 0.0515. The Kier molecular flexibility index (Phi) is 2.10. The van der Waals surface area contributed by atoms with Gasteiger partial charge in [0.15, 0.2) is 0 Å². The zero-order valence-electron chi connectivity index (χ0n) is 6.03. The van der Waals surface area contributed by atoms with Gasteiger partial charge in [0.25, 0.3) is 0 Å². The van der Waals surface area contributed by atoms with E-state index in [0.29, 0.717) is 6.61 Å². The minimum atomic E-state index is -0.557. The first-order chi connectivity index (χ1) is 5.25. The van der Waals surface area contributed by atoms with Crippen LogP contribution in [-0.4, -0.2) is 17.7 Å². The number of nitrogen functional groups attached to an aromatic ring is 1. The first-order valence-corrected chi connectivity index (χ1v) is 3.12. The summed E-state index contributed by atoms with van der Waals surface area (Å²) in [6.45, 7) is 2.00. The molecule has 11 heavy (non-hydrogen) atoms. The molecule has 0 atom stereocenters. The molecule has 0 aromatic carbocycles. The van der Waals surface area contributed by atoms with E-state index in [9.17, 15) is 4.79 Å². The number of carbonyl (C=O) groups is 1. The fourth-order valence-corrected chi connectivity index (χ4v) is 0.599. The zero-order valence-corrected chi connectivity index (χ0v) is 6.03. The molecule has 1 aromatic rings. The van der Waals surface area contributed by atoms with Crippen LogP contribution in [0.15, 0.2) is 10.8 Å². The number of carbonyl (C=O) groups excluding carboxylic acids is 1. The van der Waals surface area contributed by atoms with Crippen molar-refractivity contribution in [2.75, 3.05) is 12.3 Å². The third-order valence-corrected chi connectivity index (χ3v) is 1.07. The van der Waals surface area contributed by atoms with E-state index in [-0.39, 0.29) is 11.4 Å². The molecule has 0 bridgehead atoms. The van der Waals surface area contributed by atoms with Crippen molar-refractivity contribution in [2.24, 2.45) is 0 Å². The monoisotopic (exact) mass is 156 g/mol. The van der Waals surface area contributed by atoms with E-state index >= 15 is 0 Å². The number of nitrogens with two attached hydrogens (primary N) is 1. The third kappa shape index (κ3) is 1.49. The Hall–Kier alpha value is -1.52. The van der Waals surface area contributed by atoms with Gasteiger partial charge in [-0.15, -0.1) is 0 Å². The van der Waals surface area contributed by atoms with E-state index in [1.165, 1.54) is 6.26 Å². The zero-order chi connectivity index (χ0) is 8.27. The first kappa shape index (κ1) is 7.59. The quantitative estimate of drug-likeness (QED) is 0.628. The van der Waals surface area contributed by atoms with Crippen LogP contribution in [-0.2, 0) is 4.74 Å². The number of ether oxygens (including phenoxy) is 1. The van der Waals surface area contributed by atoms with Crippen molar-refractivity contribution in [2.45, 2.75) is 6.92 Å². The largest absolute Gasteiger partial charge is 0.461 e. The lowest BCUT2D eigenvalue weighted by atomic mass is 10.4. The van der Waals surface area contributed by atoms with Crippen molar-refractivity contribution >= 4 is 11.7 Å². The van der Waals surface area contributed by atoms with Gasteiger partial charge in [-0.25, -0.2) is 4.79 Å². The van der Waals surface area contributed by atoms with Crippen LogP contribution in [0.3, 0.4) is 0 Å². The molecule has 1 aromatic heterocycles. The first-order valence-electron chi connectivity index (χ1n) is 3.12. The molecule has 1 heterocycles. The Morgan fingerprint density at radius 2 is 2.64 bits per heavy atom. The summed E-state index contributed by atoms with van der Waals surface area (Å²) < 4.78 is 9.06. The van der Waals surface area contributed by atoms with Crippen molar-refractivity contribution in [3.05, 3.63) is 12.0 Å². The Bertz CT molecular complexity index is 256. The molecule has 0 spiro atoms. The van der Waals surface area contributed by atoms with Gasteiger partial charge in [0.2, 0.25) is 5.69 Å². The highest BCUT2D eigenvalue weighted by Gasteiger charge is 2.14. The highest BCUT2D eigenvalue weighted by atomic mass is 16.5. The van der Waals surface area contributed by atoms with Crippen LogP contribution >= 0.6 is 0 Å². The maximum Gasteiger partial charge on any atom is 0.362 e. The smallest absolute Gasteiger partial charge is 0.362 e. The lowest BCUT2D eigenvalue weighted by Crippen LogP contribution is -2.07. The minimum absolute atomic E-state index is 0.0341. The van der Waals surface area contributed by atoms with E-state index in [1.54, 1.807) is 6.92 Å². The highest BCUT2D eigenvalue weighted by Crippen LogP contribution is 2.08. The average Bonchev–Trinajstić information content (AvgIpc) is 2.36. The molecule has 1 rings (SSSR count). The normalized spacial score (nSPS) is 9.55. The van der Waals surface area contributed by atoms with Gasteiger partial charge in [-0.05, 0) is 6.92 Å². The summed E-state index contributed by atoms with van der Waals surface area (Å²) in [6, 6.07) is 0. The molecule has 60 valence electrons. The van der Waals surface area contributed by atoms with Crippen LogP contribution in [0, 0.1) is 0 Å². The molecule has 2 N–H and O–H groups in total. The number of hydrogen-bond acceptors (Lipinski definition) is 5. The second-order valence-electron chi connectivity index (χ2n) is 1.84. The maximum absolute atomic E-state index is 10.9. The van der Waals surface area contributed by atoms with Gasteiger partial charge < -0.3 is 15.0 Å². The number of rotatable bonds is 2. The molecule has 0 aliphatic heterocycles. The third-order valence-electron chi connectivity index (χ3n) is 1.07. The molecule has 0 aliphatic carbocycles. The predicted octanol–water partition coefficient (Wildman–Crippen LogP) is 0.434. The van der Waals surface area contributed by atoms with E-state index in [0.717, 1.165) is 0 Å². The molecule has 0 saturated heterocycles. The Morgan fingerprint density at radius 1 is 1.91 bits per heavy atom. The molecule has 0 saturated carbocycles. The number of anilines is 1. The number of aromatic nitrogens is 1. The van der Waals surface area contributed by atoms with Crippen LogP contribution in [0.25, 0.3) is 0 Å². The second-order valence-corrected chi connectivity index (χ2v) is 1.84. The van der Waals surface area contributed by atoms with Crippen LogP contribution in [0.2, 0.25) is 0 Å². The summed E-state index contributed by atoms with van der Waals surface area (Å²) in [4.78, 5) is 10.9. The number of hydrogen-bond donors (Lipinski definition) is 1. The van der Waals surface area contributed by atoms with Crippen molar-refractivity contribution in [3.63, 3.8) is 0 Å². The summed E-state index contributed by atoms with van der Waals surface area (Å²) in [7, 11) is 0. The van der Waals surface area contributed by atoms with Crippen LogP contribution in [0.5, 0.6) is 0 Å². The summed E-state index contributed by atoms with van der Waals surface area (Å²) >= 11 is 0. The van der Waals surface area contributed by atoms with Crippen LogP contribution in [0.4, 0.5) is 5.69 Å². The fraction of sp³-hybridized carbons (Fsp3) is 0.333. The standard InChI is InChI=1S/C6H8N2O3/c1-2-10-6(9)5-4(7)3-11-8-5/h3H,2,7H2,1H3. The van der Waals surface area contributed by atoms with Crippen molar-refractivity contribution in [1.82, 2.24) is 5.16 Å². The fourth-order valence-electron chi connectivity index (χ4n) is 0.599. The summed E-state index contributed by atoms with van der Waals surface area (Å²) in [5.74, 6) is -0.557. The molecule has 0 amide bonds. The van der Waals surface area contributed by atoms with Crippen LogP contribution < -0.4 is 5.73 Å². The second kappa shape index (κ2) is 3.05. The van der Waals surface area contributed by atoms with E-state index in [4.69, 9.17) is 5.73 Å². The topological polar surface area (TPSA) is 78.3 Å². The molecule has 0 fully saturated rings. The van der Waals surface area contributed by atoms with Crippen LogP contribution in [0.1, 0.15) is 17.4 Å². The molecule has 5 nitrogen and oxygen atoms in total. The number of nitrogens with zero attached hydrogens (tertiary/aromatic N) is 1. The molecular formula is C6H8N2O3.